The summed E-state index contributed by atoms with van der Waals surface area (Å²) < 4.78 is 11.3. The van der Waals surface area contributed by atoms with Crippen LogP contribution >= 0.6 is 9.47 Å². The monoisotopic (exact) mass is 444 g/mol. The summed E-state index contributed by atoms with van der Waals surface area (Å²) in [5.74, 6) is -1.72. The molecular weight excluding hydrogens is 407 g/mol. The Kier molecular flexibility index (Phi) is 5.91. The molecule has 0 aromatic heterocycles. The van der Waals surface area contributed by atoms with Crippen LogP contribution in [0.2, 0.25) is 0 Å². The Morgan fingerprint density at radius 2 is 1.83 bits per heavy atom. The minimum atomic E-state index is -1.55. The Labute approximate surface area is 181 Å². The lowest BCUT2D eigenvalue weighted by atomic mass is 9.44. The molecule has 3 rings (SSSR count). The maximum atomic E-state index is 13.9. The number of Topliss-reactive ketones (excluding diaryl/α,β-unsaturated/α-hetero) is 1. The van der Waals surface area contributed by atoms with E-state index in [1.54, 1.807) is 41.5 Å². The fourth-order valence-electron chi connectivity index (χ4n) is 6.42. The molecule has 0 radical (unpaired) electrons. The van der Waals surface area contributed by atoms with Crippen LogP contribution < -0.4 is 0 Å². The Bertz CT molecular complexity index is 761. The molecule has 7 nitrogen and oxygen atoms in total. The summed E-state index contributed by atoms with van der Waals surface area (Å²) in [6, 6.07) is 0. The summed E-state index contributed by atoms with van der Waals surface area (Å²) in [5, 5.41) is 45.1. The summed E-state index contributed by atoms with van der Waals surface area (Å²) in [6.45, 7) is 12.1. The van der Waals surface area contributed by atoms with Gasteiger partial charge in [-0.05, 0) is 44.8 Å². The van der Waals surface area contributed by atoms with Gasteiger partial charge in [0.15, 0.2) is 5.78 Å². The standard InChI is InChI=1S/C22H37O7P/c1-10(12(3)23)15-16(24)18(25)20(6)13(29-30)8-14-22(27,9-28-14)17(20)11(2)21(7,26)19(15,4)5/h11-14,16-17,23-24,26-27H,8-9,30H2,1-7H3/b15-10-/t11-,12?,13?,14?,16?,17?,20+,21?,22?/m0/s1. The highest BCUT2D eigenvalue weighted by Gasteiger charge is 2.72. The molecule has 10 atom stereocenters. The van der Waals surface area contributed by atoms with Crippen LogP contribution in [0.1, 0.15) is 54.9 Å². The molecule has 172 valence electrons. The molecule has 1 aliphatic heterocycles. The average Bonchev–Trinajstić information content (AvgIpc) is 2.64. The Balaban J connectivity index is 2.33. The normalized spacial score (nSPS) is 51.1. The van der Waals surface area contributed by atoms with Crippen molar-refractivity contribution in [3.8, 4) is 0 Å². The maximum Gasteiger partial charge on any atom is 0.174 e. The number of rotatable bonds is 2. The van der Waals surface area contributed by atoms with Gasteiger partial charge < -0.3 is 29.7 Å². The first kappa shape index (κ1) is 24.2. The van der Waals surface area contributed by atoms with Crippen molar-refractivity contribution >= 4 is 15.2 Å². The van der Waals surface area contributed by atoms with Crippen LogP contribution in [-0.2, 0) is 14.1 Å². The molecule has 1 saturated heterocycles. The van der Waals surface area contributed by atoms with Crippen LogP contribution in [0.4, 0.5) is 0 Å². The number of aliphatic hydroxyl groups excluding tert-OH is 2. The molecule has 0 spiro atoms. The van der Waals surface area contributed by atoms with Gasteiger partial charge in [-0.15, -0.1) is 0 Å². The molecule has 0 aromatic carbocycles. The molecule has 3 fully saturated rings. The van der Waals surface area contributed by atoms with Crippen LogP contribution in [0.25, 0.3) is 0 Å². The average molecular weight is 445 g/mol. The third-order valence-corrected chi connectivity index (χ3v) is 9.28. The molecule has 30 heavy (non-hydrogen) atoms. The molecular formula is C22H37O7P. The summed E-state index contributed by atoms with van der Waals surface area (Å²) in [7, 11) is 2.19. The molecule has 8 unspecified atom stereocenters. The van der Waals surface area contributed by atoms with Crippen molar-refractivity contribution in [2.45, 2.75) is 90.5 Å². The molecule has 0 bridgehead atoms. The second-order valence-electron chi connectivity index (χ2n) is 10.5. The number of ether oxygens (including phenoxy) is 1. The number of carbonyl (C=O) groups excluding carboxylic acids is 1. The van der Waals surface area contributed by atoms with E-state index < -0.39 is 64.1 Å². The van der Waals surface area contributed by atoms with E-state index in [0.717, 1.165) is 0 Å². The van der Waals surface area contributed by atoms with Crippen LogP contribution in [-0.4, -0.2) is 68.4 Å². The fourth-order valence-corrected chi connectivity index (χ4v) is 6.82. The number of aliphatic hydroxyl groups is 4. The minimum Gasteiger partial charge on any atom is -0.389 e. The largest absolute Gasteiger partial charge is 0.389 e. The quantitative estimate of drug-likeness (QED) is 0.376. The third kappa shape index (κ3) is 2.86. The van der Waals surface area contributed by atoms with Crippen LogP contribution in [0.15, 0.2) is 11.1 Å². The lowest BCUT2D eigenvalue weighted by Gasteiger charge is -2.66. The summed E-state index contributed by atoms with van der Waals surface area (Å²) in [6.07, 6.45) is -3.28. The van der Waals surface area contributed by atoms with Crippen molar-refractivity contribution in [3.05, 3.63) is 11.1 Å². The number of hydrogen-bond donors (Lipinski definition) is 4. The van der Waals surface area contributed by atoms with Gasteiger partial charge in [0.25, 0.3) is 0 Å². The zero-order valence-electron chi connectivity index (χ0n) is 19.0. The predicted molar refractivity (Wildman–Crippen MR) is 114 cm³/mol. The van der Waals surface area contributed by atoms with Gasteiger partial charge in [0, 0.05) is 27.2 Å². The van der Waals surface area contributed by atoms with E-state index in [4.69, 9.17) is 9.26 Å². The van der Waals surface area contributed by atoms with Crippen molar-refractivity contribution < 1.29 is 34.5 Å². The van der Waals surface area contributed by atoms with Crippen LogP contribution in [0, 0.1) is 22.7 Å². The van der Waals surface area contributed by atoms with Crippen molar-refractivity contribution in [1.29, 1.82) is 0 Å². The molecule has 0 amide bonds. The minimum absolute atomic E-state index is 0.0706. The van der Waals surface area contributed by atoms with Crippen molar-refractivity contribution in [2.75, 3.05) is 6.61 Å². The first-order valence-corrected chi connectivity index (χ1v) is 11.1. The Hall–Kier alpha value is -0.400. The fraction of sp³-hybridized carbons (Fsp3) is 0.864. The summed E-state index contributed by atoms with van der Waals surface area (Å²) in [4.78, 5) is 13.9. The Morgan fingerprint density at radius 1 is 1.27 bits per heavy atom. The molecule has 2 aliphatic carbocycles. The van der Waals surface area contributed by atoms with Gasteiger partial charge in [0.2, 0.25) is 0 Å². The van der Waals surface area contributed by atoms with E-state index >= 15 is 0 Å². The van der Waals surface area contributed by atoms with Gasteiger partial charge in [0.1, 0.15) is 11.7 Å². The second-order valence-corrected chi connectivity index (χ2v) is 10.8. The molecule has 2 saturated carbocycles. The van der Waals surface area contributed by atoms with Gasteiger partial charge in [-0.1, -0.05) is 20.8 Å². The third-order valence-electron chi connectivity index (χ3n) is 8.95. The Morgan fingerprint density at radius 3 is 2.27 bits per heavy atom. The van der Waals surface area contributed by atoms with E-state index in [-0.39, 0.29) is 6.61 Å². The van der Waals surface area contributed by atoms with Crippen molar-refractivity contribution in [1.82, 2.24) is 0 Å². The number of carbonyl (C=O) groups is 1. The number of hydrogen-bond acceptors (Lipinski definition) is 7. The van der Waals surface area contributed by atoms with Crippen molar-refractivity contribution in [3.63, 3.8) is 0 Å². The van der Waals surface area contributed by atoms with Gasteiger partial charge in [-0.2, -0.15) is 0 Å². The predicted octanol–water partition coefficient (Wildman–Crippen LogP) is 1.37. The highest BCUT2D eigenvalue weighted by atomic mass is 31.0. The molecule has 1 heterocycles. The van der Waals surface area contributed by atoms with Crippen LogP contribution in [0.5, 0.6) is 0 Å². The molecule has 8 heteroatoms. The van der Waals surface area contributed by atoms with E-state index in [0.29, 0.717) is 17.6 Å². The van der Waals surface area contributed by atoms with Gasteiger partial charge in [-0.25, -0.2) is 0 Å². The first-order chi connectivity index (χ1) is 13.6. The van der Waals surface area contributed by atoms with E-state index in [1.807, 2.05) is 6.92 Å². The van der Waals surface area contributed by atoms with Gasteiger partial charge in [0.05, 0.1) is 35.9 Å². The van der Waals surface area contributed by atoms with E-state index in [2.05, 4.69) is 9.47 Å². The van der Waals surface area contributed by atoms with E-state index in [9.17, 15) is 25.2 Å². The second kappa shape index (κ2) is 7.31. The van der Waals surface area contributed by atoms with Gasteiger partial charge >= 0.3 is 0 Å². The van der Waals surface area contributed by atoms with Crippen LogP contribution in [0.3, 0.4) is 0 Å². The summed E-state index contributed by atoms with van der Waals surface area (Å²) >= 11 is 0. The molecule has 4 N–H and O–H groups in total. The number of ketones is 1. The lowest BCUT2D eigenvalue weighted by molar-refractivity contribution is -0.330. The highest BCUT2D eigenvalue weighted by molar-refractivity contribution is 7.09. The smallest absolute Gasteiger partial charge is 0.174 e. The highest BCUT2D eigenvalue weighted by Crippen LogP contribution is 2.62. The lowest BCUT2D eigenvalue weighted by Crippen LogP contribution is -2.78. The SMILES string of the molecule is C/C(=C1\C(O)C(=O)[C@]2(C)C(OP)CC3OCC3(O)C2[C@H](C)C(C)(O)C1(C)C)C(C)O. The zero-order valence-corrected chi connectivity index (χ0v) is 20.1. The van der Waals surface area contributed by atoms with Crippen molar-refractivity contribution in [2.24, 2.45) is 22.7 Å². The topological polar surface area (TPSA) is 116 Å². The maximum absolute atomic E-state index is 13.9. The summed E-state index contributed by atoms with van der Waals surface area (Å²) in [5.41, 5.74) is -4.29. The van der Waals surface area contributed by atoms with E-state index in [1.165, 1.54) is 0 Å². The van der Waals surface area contributed by atoms with Gasteiger partial charge in [-0.3, -0.25) is 4.79 Å². The first-order valence-electron chi connectivity index (χ1n) is 10.6. The number of fused-ring (bicyclic) bond motifs is 3. The molecule has 0 aromatic rings. The molecule has 3 aliphatic rings. The zero-order chi connectivity index (χ0) is 23.0.